The van der Waals surface area contributed by atoms with E-state index in [9.17, 15) is 14.3 Å². The summed E-state index contributed by atoms with van der Waals surface area (Å²) >= 11 is 0. The van der Waals surface area contributed by atoms with Crippen LogP contribution in [-0.4, -0.2) is 58.8 Å². The van der Waals surface area contributed by atoms with E-state index in [2.05, 4.69) is 10.3 Å². The van der Waals surface area contributed by atoms with Crippen molar-refractivity contribution in [1.29, 1.82) is 0 Å². The minimum absolute atomic E-state index is 0.00431. The molecule has 0 saturated carbocycles. The van der Waals surface area contributed by atoms with E-state index in [1.807, 2.05) is 18.7 Å². The number of aliphatic hydroxyl groups excluding tert-OH is 1. The Hall–Kier alpha value is -1.89. The van der Waals surface area contributed by atoms with Gasteiger partial charge in [0.15, 0.2) is 11.6 Å². The van der Waals surface area contributed by atoms with Gasteiger partial charge in [-0.2, -0.15) is 0 Å². The highest BCUT2D eigenvalue weighted by Crippen LogP contribution is 2.21. The lowest BCUT2D eigenvalue weighted by molar-refractivity contribution is 0.117. The van der Waals surface area contributed by atoms with Crippen LogP contribution in [0.25, 0.3) is 0 Å². The molecule has 2 unspecified atom stereocenters. The largest absolute Gasteiger partial charge is 0.392 e. The van der Waals surface area contributed by atoms with Crippen LogP contribution in [-0.2, 0) is 0 Å². The van der Waals surface area contributed by atoms with Crippen LogP contribution in [0.1, 0.15) is 27.2 Å². The van der Waals surface area contributed by atoms with Crippen LogP contribution in [0.2, 0.25) is 0 Å². The topological polar surface area (TPSA) is 68.7 Å². The molecule has 1 aromatic heterocycles. The zero-order valence-corrected chi connectivity index (χ0v) is 13.9. The highest BCUT2D eigenvalue weighted by molar-refractivity contribution is 5.75. The van der Waals surface area contributed by atoms with Crippen LogP contribution in [0.3, 0.4) is 0 Å². The summed E-state index contributed by atoms with van der Waals surface area (Å²) in [5.74, 6) is -0.0219. The normalized spacial score (nSPS) is 19.0. The molecule has 0 bridgehead atoms. The van der Waals surface area contributed by atoms with Gasteiger partial charge in [0.2, 0.25) is 0 Å². The lowest BCUT2D eigenvalue weighted by Crippen LogP contribution is -2.50. The van der Waals surface area contributed by atoms with Gasteiger partial charge in [0.05, 0.1) is 6.10 Å². The number of rotatable bonds is 5. The van der Waals surface area contributed by atoms with Gasteiger partial charge in [-0.1, -0.05) is 0 Å². The van der Waals surface area contributed by atoms with Crippen molar-refractivity contribution < 1.29 is 14.3 Å². The average molecular weight is 324 g/mol. The number of pyridine rings is 1. The van der Waals surface area contributed by atoms with Crippen LogP contribution < -0.4 is 10.2 Å². The van der Waals surface area contributed by atoms with E-state index in [-0.39, 0.29) is 30.5 Å². The summed E-state index contributed by atoms with van der Waals surface area (Å²) < 4.78 is 13.8. The van der Waals surface area contributed by atoms with E-state index in [1.165, 1.54) is 6.07 Å². The van der Waals surface area contributed by atoms with E-state index in [1.54, 1.807) is 24.1 Å². The number of aromatic nitrogens is 1. The van der Waals surface area contributed by atoms with Gasteiger partial charge in [0.25, 0.3) is 0 Å². The third-order valence-electron chi connectivity index (χ3n) is 3.90. The second-order valence-electron chi connectivity index (χ2n) is 6.29. The van der Waals surface area contributed by atoms with Gasteiger partial charge in [0.1, 0.15) is 0 Å². The Morgan fingerprint density at radius 3 is 2.91 bits per heavy atom. The van der Waals surface area contributed by atoms with Crippen molar-refractivity contribution in [2.45, 2.75) is 45.4 Å². The Bertz CT molecular complexity index is 539. The van der Waals surface area contributed by atoms with Gasteiger partial charge in [-0.15, -0.1) is 0 Å². The van der Waals surface area contributed by atoms with Crippen LogP contribution in [0.15, 0.2) is 18.3 Å². The van der Waals surface area contributed by atoms with E-state index in [0.717, 1.165) is 6.42 Å². The molecule has 1 aliphatic heterocycles. The van der Waals surface area contributed by atoms with Crippen LogP contribution in [0.4, 0.5) is 15.0 Å². The van der Waals surface area contributed by atoms with Gasteiger partial charge in [-0.3, -0.25) is 0 Å². The molecule has 128 valence electrons. The fourth-order valence-electron chi connectivity index (χ4n) is 2.75. The first-order valence-electron chi connectivity index (χ1n) is 7.99. The van der Waals surface area contributed by atoms with Crippen molar-refractivity contribution >= 4 is 11.8 Å². The Balaban J connectivity index is 1.94. The number of carbonyl (C=O) groups excluding carboxylic acids is 1. The smallest absolute Gasteiger partial charge is 0.317 e. The molecule has 1 aromatic rings. The number of anilines is 1. The predicted molar refractivity (Wildman–Crippen MR) is 86.9 cm³/mol. The van der Waals surface area contributed by atoms with Gasteiger partial charge < -0.3 is 20.2 Å². The lowest BCUT2D eigenvalue weighted by atomic mass is 10.2. The van der Waals surface area contributed by atoms with E-state index < -0.39 is 6.10 Å². The van der Waals surface area contributed by atoms with Crippen molar-refractivity contribution in [3.05, 3.63) is 24.1 Å². The minimum atomic E-state index is -0.578. The van der Waals surface area contributed by atoms with Crippen molar-refractivity contribution in [1.82, 2.24) is 15.2 Å². The summed E-state index contributed by atoms with van der Waals surface area (Å²) in [5, 5.41) is 12.5. The highest BCUT2D eigenvalue weighted by atomic mass is 19.1. The molecule has 2 amide bonds. The molecule has 2 heterocycles. The molecule has 0 radical (unpaired) electrons. The molecule has 23 heavy (non-hydrogen) atoms. The first-order valence-corrected chi connectivity index (χ1v) is 7.99. The van der Waals surface area contributed by atoms with E-state index in [4.69, 9.17) is 0 Å². The first kappa shape index (κ1) is 17.5. The number of aliphatic hydroxyl groups is 1. The van der Waals surface area contributed by atoms with Crippen LogP contribution in [0.5, 0.6) is 0 Å². The van der Waals surface area contributed by atoms with E-state index in [0.29, 0.717) is 18.9 Å². The molecule has 1 aliphatic rings. The van der Waals surface area contributed by atoms with Crippen LogP contribution >= 0.6 is 0 Å². The first-order chi connectivity index (χ1) is 10.9. The SMILES string of the molecule is CC(O)CN(C(=O)NC1CCN(c2ncccc2F)C1)C(C)C. The number of amides is 2. The Morgan fingerprint density at radius 1 is 1.57 bits per heavy atom. The fourth-order valence-corrected chi connectivity index (χ4v) is 2.75. The number of nitrogens with zero attached hydrogens (tertiary/aromatic N) is 3. The molecule has 0 spiro atoms. The second kappa shape index (κ2) is 7.59. The summed E-state index contributed by atoms with van der Waals surface area (Å²) in [7, 11) is 0. The Labute approximate surface area is 136 Å². The van der Waals surface area contributed by atoms with E-state index >= 15 is 0 Å². The molecule has 7 heteroatoms. The van der Waals surface area contributed by atoms with Gasteiger partial charge in [0, 0.05) is 37.9 Å². The molecule has 0 aliphatic carbocycles. The number of halogens is 1. The van der Waals surface area contributed by atoms with Crippen molar-refractivity contribution in [3.8, 4) is 0 Å². The molecule has 6 nitrogen and oxygen atoms in total. The Morgan fingerprint density at radius 2 is 2.30 bits per heavy atom. The summed E-state index contributed by atoms with van der Waals surface area (Å²) in [6.07, 6.45) is 1.72. The summed E-state index contributed by atoms with van der Waals surface area (Å²) in [4.78, 5) is 19.9. The van der Waals surface area contributed by atoms with Crippen LogP contribution in [0, 0.1) is 5.82 Å². The summed E-state index contributed by atoms with van der Waals surface area (Å²) in [6.45, 7) is 6.94. The maximum Gasteiger partial charge on any atom is 0.317 e. The lowest BCUT2D eigenvalue weighted by Gasteiger charge is -2.29. The summed E-state index contributed by atoms with van der Waals surface area (Å²) in [5.41, 5.74) is 0. The summed E-state index contributed by atoms with van der Waals surface area (Å²) in [6, 6.07) is 2.69. The standard InChI is InChI=1S/C16H25FN4O2/c1-11(2)21(9-12(3)22)16(23)19-13-6-8-20(10-13)15-14(17)5-4-7-18-15/h4-5,7,11-13,22H,6,8-10H2,1-3H3,(H,19,23). The molecular weight excluding hydrogens is 299 g/mol. The number of carbonyl (C=O) groups is 1. The molecule has 1 saturated heterocycles. The third kappa shape index (κ3) is 4.54. The van der Waals surface area contributed by atoms with Crippen molar-refractivity contribution in [2.75, 3.05) is 24.5 Å². The number of hydrogen-bond donors (Lipinski definition) is 2. The maximum absolute atomic E-state index is 13.8. The number of hydrogen-bond acceptors (Lipinski definition) is 4. The Kier molecular flexibility index (Phi) is 5.76. The third-order valence-corrected chi connectivity index (χ3v) is 3.90. The monoisotopic (exact) mass is 324 g/mol. The second-order valence-corrected chi connectivity index (χ2v) is 6.29. The fraction of sp³-hybridized carbons (Fsp3) is 0.625. The van der Waals surface area contributed by atoms with Gasteiger partial charge in [-0.05, 0) is 39.3 Å². The van der Waals surface area contributed by atoms with Crippen molar-refractivity contribution in [3.63, 3.8) is 0 Å². The average Bonchev–Trinajstić information content (AvgIpc) is 2.93. The van der Waals surface area contributed by atoms with Gasteiger partial charge in [-0.25, -0.2) is 14.2 Å². The molecular formula is C16H25FN4O2. The zero-order chi connectivity index (χ0) is 17.0. The number of urea groups is 1. The quantitative estimate of drug-likeness (QED) is 0.863. The highest BCUT2D eigenvalue weighted by Gasteiger charge is 2.28. The molecule has 2 atom stereocenters. The molecule has 0 aromatic carbocycles. The molecule has 2 rings (SSSR count). The van der Waals surface area contributed by atoms with Gasteiger partial charge >= 0.3 is 6.03 Å². The predicted octanol–water partition coefficient (Wildman–Crippen LogP) is 1.60. The molecule has 2 N–H and O–H groups in total. The minimum Gasteiger partial charge on any atom is -0.392 e. The van der Waals surface area contributed by atoms with Crippen molar-refractivity contribution in [2.24, 2.45) is 0 Å². The maximum atomic E-state index is 13.8. The zero-order valence-electron chi connectivity index (χ0n) is 13.9. The number of nitrogens with one attached hydrogen (secondary N) is 1. The molecule has 1 fully saturated rings.